The molecule has 0 unspecified atom stereocenters. The molecule has 0 saturated carbocycles. The van der Waals surface area contributed by atoms with Crippen LogP contribution in [-0.2, 0) is 24.6 Å². The van der Waals surface area contributed by atoms with E-state index in [1.807, 2.05) is 13.8 Å². The summed E-state index contributed by atoms with van der Waals surface area (Å²) >= 11 is 0. The van der Waals surface area contributed by atoms with Crippen molar-refractivity contribution < 1.29 is 23.2 Å². The van der Waals surface area contributed by atoms with Crippen molar-refractivity contribution in [3.05, 3.63) is 35.4 Å². The van der Waals surface area contributed by atoms with Crippen LogP contribution in [0.2, 0.25) is 0 Å². The molecule has 0 heterocycles. The first-order valence-electron chi connectivity index (χ1n) is 8.83. The van der Waals surface area contributed by atoms with Gasteiger partial charge >= 0.3 is 7.60 Å². The molecular weight excluding hydrogens is 355 g/mol. The van der Waals surface area contributed by atoms with Gasteiger partial charge in [-0.1, -0.05) is 32.4 Å². The van der Waals surface area contributed by atoms with Gasteiger partial charge in [-0.3, -0.25) is 14.2 Å². The average Bonchev–Trinajstić information content (AvgIpc) is 2.59. The lowest BCUT2D eigenvalue weighted by Crippen LogP contribution is -2.48. The minimum Gasteiger partial charge on any atom is -0.368 e. The Bertz CT molecular complexity index is 637. The van der Waals surface area contributed by atoms with Crippen molar-refractivity contribution in [3.8, 4) is 0 Å². The highest BCUT2D eigenvalue weighted by Crippen LogP contribution is 2.51. The third-order valence-corrected chi connectivity index (χ3v) is 6.11. The number of nitrogens with two attached hydrogens (primary N) is 1. The van der Waals surface area contributed by atoms with Crippen LogP contribution in [0.15, 0.2) is 24.3 Å². The molecule has 2 amide bonds. The molecule has 0 fully saturated rings. The smallest absolute Gasteiger partial charge is 0.335 e. The normalized spacial score (nSPS) is 13.8. The largest absolute Gasteiger partial charge is 0.368 e. The average molecular weight is 384 g/mol. The lowest BCUT2D eigenvalue weighted by atomic mass is 9.98. The fourth-order valence-corrected chi connectivity index (χ4v) is 4.16. The summed E-state index contributed by atoms with van der Waals surface area (Å²) in [4.78, 5) is 23.9. The van der Waals surface area contributed by atoms with E-state index in [0.29, 0.717) is 18.8 Å². The van der Waals surface area contributed by atoms with Gasteiger partial charge in [0.2, 0.25) is 5.91 Å². The molecule has 146 valence electrons. The van der Waals surface area contributed by atoms with Gasteiger partial charge in [0.05, 0.1) is 19.4 Å². The van der Waals surface area contributed by atoms with Gasteiger partial charge in [-0.05, 0) is 37.5 Å². The van der Waals surface area contributed by atoms with Gasteiger partial charge in [0.15, 0.2) is 0 Å². The Morgan fingerprint density at radius 3 is 2.08 bits per heavy atom. The first-order valence-corrected chi connectivity index (χ1v) is 10.6. The van der Waals surface area contributed by atoms with E-state index in [1.54, 1.807) is 38.1 Å². The fraction of sp³-hybridized carbons (Fsp3) is 0.556. The molecule has 1 aromatic rings. The van der Waals surface area contributed by atoms with Crippen LogP contribution in [0.1, 0.15) is 50.0 Å². The number of carbonyl (C=O) groups excluding carboxylic acids is 2. The predicted octanol–water partition coefficient (Wildman–Crippen LogP) is 3.08. The standard InChI is InChI=1S/C18H29N2O5P/c1-5-13(4)16(17(19)21)20-18(22)15-10-8-14(9-11-15)12-26(23,24-6-2)25-7-3/h8-11,13,16H,5-7,12H2,1-4H3,(H2,19,21)(H,20,22)/t13-,16+/m1/s1. The molecule has 0 aromatic heterocycles. The molecule has 0 aliphatic carbocycles. The topological polar surface area (TPSA) is 108 Å². The van der Waals surface area contributed by atoms with Crippen molar-refractivity contribution in [1.29, 1.82) is 0 Å². The molecule has 7 nitrogen and oxygen atoms in total. The summed E-state index contributed by atoms with van der Waals surface area (Å²) in [6, 6.07) is 5.90. The molecule has 3 N–H and O–H groups in total. The number of amides is 2. The highest BCUT2D eigenvalue weighted by Gasteiger charge is 2.25. The highest BCUT2D eigenvalue weighted by molar-refractivity contribution is 7.53. The van der Waals surface area contributed by atoms with E-state index >= 15 is 0 Å². The quantitative estimate of drug-likeness (QED) is 0.570. The summed E-state index contributed by atoms with van der Waals surface area (Å²) in [5.41, 5.74) is 6.51. The van der Waals surface area contributed by atoms with Crippen molar-refractivity contribution >= 4 is 19.4 Å². The van der Waals surface area contributed by atoms with Gasteiger partial charge in [-0.15, -0.1) is 0 Å². The second kappa shape index (κ2) is 10.5. The summed E-state index contributed by atoms with van der Waals surface area (Å²) in [6.07, 6.45) is 0.852. The Kier molecular flexibility index (Phi) is 8.99. The van der Waals surface area contributed by atoms with Crippen LogP contribution in [0, 0.1) is 5.92 Å². The third-order valence-electron chi connectivity index (χ3n) is 4.05. The fourth-order valence-electron chi connectivity index (χ4n) is 2.46. The number of benzene rings is 1. The summed E-state index contributed by atoms with van der Waals surface area (Å²) in [5, 5.41) is 2.67. The Morgan fingerprint density at radius 1 is 1.12 bits per heavy atom. The number of primary amides is 1. The van der Waals surface area contributed by atoms with E-state index in [9.17, 15) is 14.2 Å². The van der Waals surface area contributed by atoms with Crippen LogP contribution in [0.5, 0.6) is 0 Å². The van der Waals surface area contributed by atoms with Crippen molar-refractivity contribution in [2.24, 2.45) is 11.7 Å². The van der Waals surface area contributed by atoms with Crippen LogP contribution < -0.4 is 11.1 Å². The highest BCUT2D eigenvalue weighted by atomic mass is 31.2. The van der Waals surface area contributed by atoms with Crippen LogP contribution in [-0.4, -0.2) is 31.1 Å². The molecular formula is C18H29N2O5P. The maximum Gasteiger partial charge on any atom is 0.335 e. The van der Waals surface area contributed by atoms with E-state index in [0.717, 1.165) is 12.0 Å². The Morgan fingerprint density at radius 2 is 1.65 bits per heavy atom. The van der Waals surface area contributed by atoms with Crippen molar-refractivity contribution in [1.82, 2.24) is 5.32 Å². The molecule has 0 spiro atoms. The SMILES string of the molecule is CCOP(=O)(Cc1ccc(C(=O)N[C@H](C(N)=O)[C@H](C)CC)cc1)OCC. The molecule has 1 aromatic carbocycles. The first kappa shape index (κ1) is 22.4. The van der Waals surface area contributed by atoms with Gasteiger partial charge in [0, 0.05) is 5.56 Å². The van der Waals surface area contributed by atoms with Crippen LogP contribution >= 0.6 is 7.60 Å². The number of hydrogen-bond donors (Lipinski definition) is 2. The zero-order valence-corrected chi connectivity index (χ0v) is 16.8. The lowest BCUT2D eigenvalue weighted by molar-refractivity contribution is -0.120. The van der Waals surface area contributed by atoms with Crippen LogP contribution in [0.3, 0.4) is 0 Å². The zero-order valence-electron chi connectivity index (χ0n) is 15.9. The number of nitrogens with one attached hydrogen (secondary N) is 1. The molecule has 8 heteroatoms. The number of rotatable bonds is 11. The predicted molar refractivity (Wildman–Crippen MR) is 101 cm³/mol. The summed E-state index contributed by atoms with van der Waals surface area (Å²) < 4.78 is 23.1. The van der Waals surface area contributed by atoms with Gasteiger partial charge in [-0.2, -0.15) is 0 Å². The molecule has 0 aliphatic rings. The summed E-state index contributed by atoms with van der Waals surface area (Å²) in [6.45, 7) is 7.88. The van der Waals surface area contributed by atoms with Gasteiger partial charge < -0.3 is 20.1 Å². The molecule has 1 rings (SSSR count). The van der Waals surface area contributed by atoms with Crippen LogP contribution in [0.4, 0.5) is 0 Å². The zero-order chi connectivity index (χ0) is 19.7. The van der Waals surface area contributed by atoms with E-state index in [-0.39, 0.29) is 18.0 Å². The first-order chi connectivity index (χ1) is 12.3. The molecule has 0 bridgehead atoms. The summed E-state index contributed by atoms with van der Waals surface area (Å²) in [5.74, 6) is -0.990. The van der Waals surface area contributed by atoms with Gasteiger partial charge in [0.25, 0.3) is 5.91 Å². The van der Waals surface area contributed by atoms with Crippen molar-refractivity contribution in [3.63, 3.8) is 0 Å². The maximum absolute atomic E-state index is 12.6. The minimum absolute atomic E-state index is 0.0565. The molecule has 26 heavy (non-hydrogen) atoms. The van der Waals surface area contributed by atoms with E-state index in [2.05, 4.69) is 5.32 Å². The third kappa shape index (κ3) is 6.56. The Labute approximate surface area is 155 Å². The Balaban J connectivity index is 2.84. The number of hydrogen-bond acceptors (Lipinski definition) is 5. The van der Waals surface area contributed by atoms with Gasteiger partial charge in [-0.25, -0.2) is 0 Å². The second-order valence-electron chi connectivity index (χ2n) is 6.04. The monoisotopic (exact) mass is 384 g/mol. The van der Waals surface area contributed by atoms with E-state index in [4.69, 9.17) is 14.8 Å². The molecule has 0 aliphatic heterocycles. The van der Waals surface area contributed by atoms with Crippen molar-refractivity contribution in [2.75, 3.05) is 13.2 Å². The molecule has 2 atom stereocenters. The minimum atomic E-state index is -3.19. The molecule has 0 radical (unpaired) electrons. The number of carbonyl (C=O) groups is 2. The van der Waals surface area contributed by atoms with E-state index in [1.165, 1.54) is 0 Å². The van der Waals surface area contributed by atoms with Crippen LogP contribution in [0.25, 0.3) is 0 Å². The summed E-state index contributed by atoms with van der Waals surface area (Å²) in [7, 11) is -3.19. The molecule has 0 saturated heterocycles. The lowest BCUT2D eigenvalue weighted by Gasteiger charge is -2.21. The maximum atomic E-state index is 12.6. The van der Waals surface area contributed by atoms with E-state index < -0.39 is 19.5 Å². The van der Waals surface area contributed by atoms with Gasteiger partial charge in [0.1, 0.15) is 6.04 Å². The Hall–Kier alpha value is -1.69. The second-order valence-corrected chi connectivity index (χ2v) is 8.09. The van der Waals surface area contributed by atoms with Crippen molar-refractivity contribution in [2.45, 2.75) is 46.3 Å².